The highest BCUT2D eigenvalue weighted by atomic mass is 16.4. The summed E-state index contributed by atoms with van der Waals surface area (Å²) in [7, 11) is 0. The van der Waals surface area contributed by atoms with Gasteiger partial charge < -0.3 is 21.4 Å². The van der Waals surface area contributed by atoms with Crippen LogP contribution in [-0.4, -0.2) is 28.3 Å². The maximum Gasteiger partial charge on any atom is 0.170 e. The molecule has 118 valence electrons. The van der Waals surface area contributed by atoms with Gasteiger partial charge in [0.05, 0.1) is 5.60 Å². The summed E-state index contributed by atoms with van der Waals surface area (Å²) in [6.07, 6.45) is 0.765. The number of oxime groups is 1. The molecule has 0 heterocycles. The minimum absolute atomic E-state index is 0.109. The molecular weight excluding hydrogens is 266 g/mol. The standard InChI is InChI=1S/C16H27N3O2/c1-11(2)8-16(4,20)10-18-9-14-6-5-13(7-12(14)3)15(17)19-21/h5-7,11,18,20-21H,8-10H2,1-4H3,(H2,17,19). The Labute approximate surface area is 126 Å². The summed E-state index contributed by atoms with van der Waals surface area (Å²) < 4.78 is 0. The summed E-state index contributed by atoms with van der Waals surface area (Å²) in [6.45, 7) is 9.27. The average molecular weight is 293 g/mol. The van der Waals surface area contributed by atoms with E-state index in [-0.39, 0.29) is 5.84 Å². The summed E-state index contributed by atoms with van der Waals surface area (Å²) in [5, 5.41) is 25.2. The minimum Gasteiger partial charge on any atom is -0.409 e. The van der Waals surface area contributed by atoms with E-state index in [9.17, 15) is 5.11 Å². The lowest BCUT2D eigenvalue weighted by Gasteiger charge is -2.26. The monoisotopic (exact) mass is 293 g/mol. The molecule has 0 aliphatic rings. The van der Waals surface area contributed by atoms with E-state index in [0.29, 0.717) is 24.6 Å². The Morgan fingerprint density at radius 3 is 2.62 bits per heavy atom. The molecular formula is C16H27N3O2. The molecule has 0 amide bonds. The van der Waals surface area contributed by atoms with Crippen molar-refractivity contribution in [3.05, 3.63) is 34.9 Å². The van der Waals surface area contributed by atoms with Crippen molar-refractivity contribution in [3.8, 4) is 0 Å². The highest BCUT2D eigenvalue weighted by Gasteiger charge is 2.21. The number of rotatable bonds is 7. The van der Waals surface area contributed by atoms with E-state index < -0.39 is 5.60 Å². The van der Waals surface area contributed by atoms with Crippen LogP contribution in [0.2, 0.25) is 0 Å². The topological polar surface area (TPSA) is 90.9 Å². The van der Waals surface area contributed by atoms with Gasteiger partial charge in [0.2, 0.25) is 0 Å². The molecule has 1 atom stereocenters. The summed E-state index contributed by atoms with van der Waals surface area (Å²) in [4.78, 5) is 0. The highest BCUT2D eigenvalue weighted by Crippen LogP contribution is 2.16. The third kappa shape index (κ3) is 5.73. The summed E-state index contributed by atoms with van der Waals surface area (Å²) in [6, 6.07) is 5.66. The Kier molecular flexibility index (Phi) is 6.18. The molecule has 5 N–H and O–H groups in total. The Balaban J connectivity index is 2.61. The zero-order chi connectivity index (χ0) is 16.0. The molecule has 0 saturated carbocycles. The van der Waals surface area contributed by atoms with Crippen LogP contribution in [0, 0.1) is 12.8 Å². The Morgan fingerprint density at radius 1 is 1.43 bits per heavy atom. The first-order valence-corrected chi connectivity index (χ1v) is 7.25. The van der Waals surface area contributed by atoms with Crippen molar-refractivity contribution < 1.29 is 10.3 Å². The van der Waals surface area contributed by atoms with E-state index in [1.54, 1.807) is 0 Å². The number of benzene rings is 1. The normalized spacial score (nSPS) is 15.2. The quantitative estimate of drug-likeness (QED) is 0.268. The number of aryl methyl sites for hydroxylation is 1. The predicted octanol–water partition coefficient (Wildman–Crippen LogP) is 1.98. The third-order valence-electron chi connectivity index (χ3n) is 3.42. The zero-order valence-electron chi connectivity index (χ0n) is 13.3. The largest absolute Gasteiger partial charge is 0.409 e. The van der Waals surface area contributed by atoms with Crippen LogP contribution in [0.1, 0.15) is 43.9 Å². The molecule has 0 saturated heterocycles. The second kappa shape index (κ2) is 7.43. The van der Waals surface area contributed by atoms with Crippen molar-refractivity contribution in [2.45, 2.75) is 46.3 Å². The van der Waals surface area contributed by atoms with Gasteiger partial charge in [0, 0.05) is 18.7 Å². The van der Waals surface area contributed by atoms with Crippen LogP contribution in [0.4, 0.5) is 0 Å². The molecule has 0 fully saturated rings. The molecule has 1 unspecified atom stereocenters. The number of nitrogens with two attached hydrogens (primary N) is 1. The lowest BCUT2D eigenvalue weighted by Crippen LogP contribution is -2.38. The van der Waals surface area contributed by atoms with Gasteiger partial charge in [0.25, 0.3) is 0 Å². The van der Waals surface area contributed by atoms with E-state index in [1.807, 2.05) is 32.0 Å². The van der Waals surface area contributed by atoms with Gasteiger partial charge in [-0.25, -0.2) is 0 Å². The molecule has 0 aliphatic carbocycles. The molecule has 0 aromatic heterocycles. The molecule has 5 nitrogen and oxygen atoms in total. The fourth-order valence-corrected chi connectivity index (χ4v) is 2.53. The van der Waals surface area contributed by atoms with Crippen LogP contribution in [0.25, 0.3) is 0 Å². The van der Waals surface area contributed by atoms with E-state index in [1.165, 1.54) is 0 Å². The Hall–Kier alpha value is -1.59. The first-order valence-electron chi connectivity index (χ1n) is 7.25. The third-order valence-corrected chi connectivity index (χ3v) is 3.42. The number of amidine groups is 1. The van der Waals surface area contributed by atoms with Crippen LogP contribution < -0.4 is 11.1 Å². The molecule has 5 heteroatoms. The first kappa shape index (κ1) is 17.5. The molecule has 1 aromatic carbocycles. The number of hydrogen-bond acceptors (Lipinski definition) is 4. The maximum absolute atomic E-state index is 10.3. The van der Waals surface area contributed by atoms with Gasteiger partial charge in [-0.3, -0.25) is 0 Å². The lowest BCUT2D eigenvalue weighted by molar-refractivity contribution is 0.0383. The van der Waals surface area contributed by atoms with E-state index in [2.05, 4.69) is 24.3 Å². The Morgan fingerprint density at radius 2 is 2.10 bits per heavy atom. The lowest BCUT2D eigenvalue weighted by atomic mass is 9.94. The number of aliphatic hydroxyl groups is 1. The number of hydrogen-bond donors (Lipinski definition) is 4. The summed E-state index contributed by atoms with van der Waals surface area (Å²) in [5.74, 6) is 0.570. The molecule has 0 aliphatic heterocycles. The van der Waals surface area contributed by atoms with Crippen molar-refractivity contribution in [1.29, 1.82) is 0 Å². The van der Waals surface area contributed by atoms with Gasteiger partial charge in [0.15, 0.2) is 5.84 Å². The van der Waals surface area contributed by atoms with Crippen molar-refractivity contribution in [2.24, 2.45) is 16.8 Å². The van der Waals surface area contributed by atoms with E-state index >= 15 is 0 Å². The van der Waals surface area contributed by atoms with E-state index in [0.717, 1.165) is 17.5 Å². The van der Waals surface area contributed by atoms with Crippen molar-refractivity contribution in [1.82, 2.24) is 5.32 Å². The predicted molar refractivity (Wildman–Crippen MR) is 85.5 cm³/mol. The van der Waals surface area contributed by atoms with Crippen LogP contribution in [0.15, 0.2) is 23.4 Å². The maximum atomic E-state index is 10.3. The molecule has 0 bridgehead atoms. The Bertz CT molecular complexity index is 496. The van der Waals surface area contributed by atoms with Gasteiger partial charge in [0.1, 0.15) is 0 Å². The minimum atomic E-state index is -0.698. The summed E-state index contributed by atoms with van der Waals surface area (Å²) >= 11 is 0. The second-order valence-electron chi connectivity index (χ2n) is 6.32. The molecule has 1 aromatic rings. The van der Waals surface area contributed by atoms with Gasteiger partial charge in [-0.15, -0.1) is 0 Å². The van der Waals surface area contributed by atoms with Gasteiger partial charge in [-0.05, 0) is 43.4 Å². The van der Waals surface area contributed by atoms with Gasteiger partial charge in [-0.2, -0.15) is 0 Å². The SMILES string of the molecule is Cc1cc(/C(N)=N/O)ccc1CNCC(C)(O)CC(C)C. The van der Waals surface area contributed by atoms with Crippen molar-refractivity contribution in [3.63, 3.8) is 0 Å². The van der Waals surface area contributed by atoms with Gasteiger partial charge >= 0.3 is 0 Å². The van der Waals surface area contributed by atoms with Crippen molar-refractivity contribution >= 4 is 5.84 Å². The van der Waals surface area contributed by atoms with E-state index in [4.69, 9.17) is 10.9 Å². The van der Waals surface area contributed by atoms with Crippen LogP contribution in [0.3, 0.4) is 0 Å². The number of nitrogens with zero attached hydrogens (tertiary/aromatic N) is 1. The highest BCUT2D eigenvalue weighted by molar-refractivity contribution is 5.97. The summed E-state index contributed by atoms with van der Waals surface area (Å²) in [5.41, 5.74) is 7.76. The van der Waals surface area contributed by atoms with Gasteiger partial charge in [-0.1, -0.05) is 31.1 Å². The molecule has 1 rings (SSSR count). The van der Waals surface area contributed by atoms with Crippen LogP contribution >= 0.6 is 0 Å². The molecule has 21 heavy (non-hydrogen) atoms. The van der Waals surface area contributed by atoms with Crippen LogP contribution in [-0.2, 0) is 6.54 Å². The number of nitrogens with one attached hydrogen (secondary N) is 1. The fourth-order valence-electron chi connectivity index (χ4n) is 2.53. The molecule has 0 radical (unpaired) electrons. The smallest absolute Gasteiger partial charge is 0.170 e. The zero-order valence-corrected chi connectivity index (χ0v) is 13.3. The van der Waals surface area contributed by atoms with Crippen LogP contribution in [0.5, 0.6) is 0 Å². The average Bonchev–Trinajstić information content (AvgIpc) is 2.38. The second-order valence-corrected chi connectivity index (χ2v) is 6.32. The first-order chi connectivity index (χ1) is 9.75. The molecule has 0 spiro atoms. The van der Waals surface area contributed by atoms with Crippen molar-refractivity contribution in [2.75, 3.05) is 6.54 Å². The fraction of sp³-hybridized carbons (Fsp3) is 0.562.